The Kier molecular flexibility index (Phi) is 8.36. The van der Waals surface area contributed by atoms with Crippen molar-refractivity contribution in [3.05, 3.63) is 98.4 Å². The molecule has 1 amide bonds. The number of likely N-dealkylation sites (N-methyl/N-ethyl adjacent to an activating group) is 1. The van der Waals surface area contributed by atoms with E-state index < -0.39 is 0 Å². The second-order valence-electron chi connectivity index (χ2n) is 7.70. The first kappa shape index (κ1) is 25.8. The van der Waals surface area contributed by atoms with Gasteiger partial charge in [-0.1, -0.05) is 47.5 Å². The number of para-hydroxylation sites is 1. The van der Waals surface area contributed by atoms with Crippen molar-refractivity contribution in [2.45, 2.75) is 13.5 Å². The molecule has 4 rings (SSSR count). The van der Waals surface area contributed by atoms with Gasteiger partial charge < -0.3 is 9.47 Å². The van der Waals surface area contributed by atoms with Gasteiger partial charge in [0.2, 0.25) is 0 Å². The number of aliphatic imine (C=N–C) groups is 1. The quantitative estimate of drug-likeness (QED) is 0.238. The fraction of sp³-hybridized carbons (Fsp3) is 0.148. The molecule has 0 spiro atoms. The number of carbonyl (C=O) groups excluding carboxylic acids is 2. The zero-order valence-corrected chi connectivity index (χ0v) is 21.9. The lowest BCUT2D eigenvalue weighted by molar-refractivity contribution is -0.121. The Morgan fingerprint density at radius 2 is 1.83 bits per heavy atom. The van der Waals surface area contributed by atoms with Gasteiger partial charge in [-0.05, 0) is 67.2 Å². The summed E-state index contributed by atoms with van der Waals surface area (Å²) in [6, 6.07) is 19.4. The standard InChI is InChI=1S/C27H22Cl2N2O4S/c1-3-34-26(33)17-9-12-21(13-10-17)30-27-31(2)25(32)24(36-27)14-18-6-4-5-7-23(18)35-16-19-8-11-20(28)15-22(19)29/h4-15H,3,16H2,1-2H3/b24-14-,30-27?. The van der Waals surface area contributed by atoms with Crippen molar-refractivity contribution in [1.82, 2.24) is 4.90 Å². The molecule has 9 heteroatoms. The second-order valence-corrected chi connectivity index (χ2v) is 9.55. The lowest BCUT2D eigenvalue weighted by atomic mass is 10.1. The summed E-state index contributed by atoms with van der Waals surface area (Å²) in [5, 5.41) is 1.61. The number of nitrogens with zero attached hydrogens (tertiary/aromatic N) is 2. The van der Waals surface area contributed by atoms with E-state index in [9.17, 15) is 9.59 Å². The van der Waals surface area contributed by atoms with Crippen LogP contribution in [-0.2, 0) is 16.1 Å². The van der Waals surface area contributed by atoms with Gasteiger partial charge in [-0.3, -0.25) is 9.69 Å². The summed E-state index contributed by atoms with van der Waals surface area (Å²) in [4.78, 5) is 31.4. The molecule has 0 radical (unpaired) electrons. The average molecular weight is 541 g/mol. The van der Waals surface area contributed by atoms with Crippen molar-refractivity contribution >= 4 is 63.8 Å². The van der Waals surface area contributed by atoms with Crippen LogP contribution in [0.15, 0.2) is 76.6 Å². The summed E-state index contributed by atoms with van der Waals surface area (Å²) < 4.78 is 11.0. The van der Waals surface area contributed by atoms with Crippen LogP contribution in [0.5, 0.6) is 5.75 Å². The normalized spacial score (nSPS) is 15.6. The third-order valence-electron chi connectivity index (χ3n) is 5.21. The van der Waals surface area contributed by atoms with Crippen molar-refractivity contribution in [3.8, 4) is 5.75 Å². The Morgan fingerprint density at radius 3 is 2.56 bits per heavy atom. The van der Waals surface area contributed by atoms with Crippen LogP contribution in [0.3, 0.4) is 0 Å². The number of amidine groups is 1. The monoisotopic (exact) mass is 540 g/mol. The number of ether oxygens (including phenoxy) is 2. The molecule has 0 atom stereocenters. The summed E-state index contributed by atoms with van der Waals surface area (Å²) in [6.07, 6.45) is 1.79. The molecular weight excluding hydrogens is 519 g/mol. The van der Waals surface area contributed by atoms with E-state index in [1.165, 1.54) is 16.7 Å². The predicted octanol–water partition coefficient (Wildman–Crippen LogP) is 6.98. The van der Waals surface area contributed by atoms with Crippen LogP contribution in [0, 0.1) is 0 Å². The maximum atomic E-state index is 12.9. The maximum absolute atomic E-state index is 12.9. The molecule has 1 fully saturated rings. The van der Waals surface area contributed by atoms with Crippen LogP contribution in [-0.4, -0.2) is 35.6 Å². The van der Waals surface area contributed by atoms with E-state index in [0.717, 1.165) is 11.1 Å². The number of halogens is 2. The zero-order chi connectivity index (χ0) is 25.7. The first-order chi connectivity index (χ1) is 17.4. The molecule has 0 saturated carbocycles. The molecule has 0 bridgehead atoms. The van der Waals surface area contributed by atoms with Crippen LogP contribution in [0.4, 0.5) is 5.69 Å². The number of benzene rings is 3. The number of rotatable bonds is 7. The van der Waals surface area contributed by atoms with Gasteiger partial charge in [0.15, 0.2) is 5.17 Å². The molecule has 0 N–H and O–H groups in total. The number of carbonyl (C=O) groups is 2. The fourth-order valence-corrected chi connectivity index (χ4v) is 4.76. The van der Waals surface area contributed by atoms with Crippen molar-refractivity contribution in [2.75, 3.05) is 13.7 Å². The molecule has 1 aliphatic rings. The van der Waals surface area contributed by atoms with Crippen LogP contribution < -0.4 is 4.74 Å². The number of thioether (sulfide) groups is 1. The zero-order valence-electron chi connectivity index (χ0n) is 19.5. The molecule has 1 aliphatic heterocycles. The van der Waals surface area contributed by atoms with Crippen LogP contribution in [0.2, 0.25) is 10.0 Å². The van der Waals surface area contributed by atoms with Crippen molar-refractivity contribution in [1.29, 1.82) is 0 Å². The highest BCUT2D eigenvalue weighted by Crippen LogP contribution is 2.35. The average Bonchev–Trinajstić information content (AvgIpc) is 3.12. The summed E-state index contributed by atoms with van der Waals surface area (Å²) in [7, 11) is 1.67. The molecule has 36 heavy (non-hydrogen) atoms. The van der Waals surface area contributed by atoms with Gasteiger partial charge in [-0.25, -0.2) is 9.79 Å². The Bertz CT molecular complexity index is 1360. The lowest BCUT2D eigenvalue weighted by Crippen LogP contribution is -2.23. The molecule has 0 unspecified atom stereocenters. The summed E-state index contributed by atoms with van der Waals surface area (Å²) >= 11 is 13.5. The van der Waals surface area contributed by atoms with Gasteiger partial charge in [0, 0.05) is 28.2 Å². The van der Waals surface area contributed by atoms with Crippen LogP contribution in [0.25, 0.3) is 6.08 Å². The highest BCUT2D eigenvalue weighted by Gasteiger charge is 2.30. The van der Waals surface area contributed by atoms with Crippen LogP contribution in [0.1, 0.15) is 28.4 Å². The minimum atomic E-state index is -0.385. The molecule has 0 aromatic heterocycles. The van der Waals surface area contributed by atoms with Gasteiger partial charge in [-0.15, -0.1) is 0 Å². The third kappa shape index (κ3) is 6.10. The largest absolute Gasteiger partial charge is 0.488 e. The van der Waals surface area contributed by atoms with E-state index >= 15 is 0 Å². The number of hydrogen-bond donors (Lipinski definition) is 0. The number of amides is 1. The van der Waals surface area contributed by atoms with Gasteiger partial charge in [0.25, 0.3) is 5.91 Å². The summed E-state index contributed by atoms with van der Waals surface area (Å²) in [5.74, 6) is 0.0631. The summed E-state index contributed by atoms with van der Waals surface area (Å²) in [5.41, 5.74) is 2.63. The lowest BCUT2D eigenvalue weighted by Gasteiger charge is -2.11. The van der Waals surface area contributed by atoms with E-state index in [2.05, 4.69) is 4.99 Å². The van der Waals surface area contributed by atoms with Gasteiger partial charge in [0.05, 0.1) is 22.8 Å². The first-order valence-electron chi connectivity index (χ1n) is 11.0. The Hall–Kier alpha value is -3.26. The van der Waals surface area contributed by atoms with Gasteiger partial charge in [-0.2, -0.15) is 0 Å². The maximum Gasteiger partial charge on any atom is 0.338 e. The smallest absolute Gasteiger partial charge is 0.338 e. The SMILES string of the molecule is CCOC(=O)c1ccc(N=C2S/C(=C\c3ccccc3OCc3ccc(Cl)cc3Cl)C(=O)N2C)cc1. The Labute approximate surface area is 223 Å². The summed E-state index contributed by atoms with van der Waals surface area (Å²) in [6.45, 7) is 2.32. The molecule has 1 saturated heterocycles. The van der Waals surface area contributed by atoms with Crippen molar-refractivity contribution in [2.24, 2.45) is 4.99 Å². The highest BCUT2D eigenvalue weighted by atomic mass is 35.5. The van der Waals surface area contributed by atoms with Crippen molar-refractivity contribution < 1.29 is 19.1 Å². The van der Waals surface area contributed by atoms with E-state index in [4.69, 9.17) is 32.7 Å². The molecule has 3 aromatic rings. The molecular formula is C27H22Cl2N2O4S. The number of esters is 1. The van der Waals surface area contributed by atoms with E-state index in [0.29, 0.717) is 43.7 Å². The van der Waals surface area contributed by atoms with Crippen LogP contribution >= 0.6 is 35.0 Å². The predicted molar refractivity (Wildman–Crippen MR) is 145 cm³/mol. The van der Waals surface area contributed by atoms with E-state index in [-0.39, 0.29) is 18.5 Å². The minimum Gasteiger partial charge on any atom is -0.488 e. The molecule has 6 nitrogen and oxygen atoms in total. The number of hydrogen-bond acceptors (Lipinski definition) is 6. The van der Waals surface area contributed by atoms with Gasteiger partial charge >= 0.3 is 5.97 Å². The Balaban J connectivity index is 1.52. The Morgan fingerprint density at radius 1 is 1.08 bits per heavy atom. The van der Waals surface area contributed by atoms with Crippen molar-refractivity contribution in [3.63, 3.8) is 0 Å². The van der Waals surface area contributed by atoms with E-state index in [1.807, 2.05) is 30.3 Å². The topological polar surface area (TPSA) is 68.2 Å². The first-order valence-corrected chi connectivity index (χ1v) is 12.6. The third-order valence-corrected chi connectivity index (χ3v) is 6.86. The highest BCUT2D eigenvalue weighted by molar-refractivity contribution is 8.18. The molecule has 1 heterocycles. The van der Waals surface area contributed by atoms with Gasteiger partial charge in [0.1, 0.15) is 12.4 Å². The molecule has 0 aliphatic carbocycles. The van der Waals surface area contributed by atoms with E-state index in [1.54, 1.807) is 56.4 Å². The molecule has 184 valence electrons. The fourth-order valence-electron chi connectivity index (χ4n) is 3.32. The molecule has 3 aromatic carbocycles. The minimum absolute atomic E-state index is 0.169. The second kappa shape index (κ2) is 11.6.